The molecule has 1 unspecified atom stereocenters. The molecule has 0 fully saturated rings. The van der Waals surface area contributed by atoms with E-state index in [0.717, 1.165) is 11.1 Å². The molecule has 86 valence electrons. The van der Waals surface area contributed by atoms with Crippen LogP contribution in [-0.4, -0.2) is 16.0 Å². The largest absolute Gasteiger partial charge is 0.321 e. The first-order valence-corrected chi connectivity index (χ1v) is 5.38. The summed E-state index contributed by atoms with van der Waals surface area (Å²) < 4.78 is 0. The topological polar surface area (TPSA) is 91.7 Å². The van der Waals surface area contributed by atoms with Crippen molar-refractivity contribution in [3.05, 3.63) is 54.2 Å². The zero-order valence-corrected chi connectivity index (χ0v) is 9.34. The normalized spacial score (nSPS) is 21.3. The number of nitrogens with two attached hydrogens (primary N) is 1. The van der Waals surface area contributed by atoms with Crippen LogP contribution in [0.15, 0.2) is 32.3 Å². The van der Waals surface area contributed by atoms with Crippen LogP contribution in [0.1, 0.15) is 0 Å². The minimum Gasteiger partial charge on any atom is -0.321 e. The van der Waals surface area contributed by atoms with Gasteiger partial charge in [0.1, 0.15) is 0 Å². The predicted octanol–water partition coefficient (Wildman–Crippen LogP) is -1.60. The van der Waals surface area contributed by atoms with E-state index in [1.165, 1.54) is 0 Å². The van der Waals surface area contributed by atoms with Crippen LogP contribution in [0.4, 0.5) is 0 Å². The molecule has 4 N–H and O–H groups in total. The van der Waals surface area contributed by atoms with Gasteiger partial charge in [-0.05, 0) is 12.2 Å². The van der Waals surface area contributed by atoms with Crippen LogP contribution in [0.2, 0.25) is 0 Å². The van der Waals surface area contributed by atoms with Gasteiger partial charge in [-0.2, -0.15) is 0 Å². The number of allylic oxidation sites excluding steroid dienone is 2. The Labute approximate surface area is 99.6 Å². The molecular weight excluding hydrogens is 242 g/mol. The number of aromatic amines is 2. The van der Waals surface area contributed by atoms with Crippen LogP contribution in [0.3, 0.4) is 0 Å². The number of aromatic nitrogens is 2. The van der Waals surface area contributed by atoms with Gasteiger partial charge in [0.2, 0.25) is 0 Å². The molecule has 0 bridgehead atoms. The van der Waals surface area contributed by atoms with Crippen LogP contribution in [0, 0.1) is 0 Å². The molecule has 3 rings (SSSR count). The molecule has 1 atom stereocenters. The summed E-state index contributed by atoms with van der Waals surface area (Å²) in [5.74, 6) is 0. The Morgan fingerprint density at radius 2 is 1.94 bits per heavy atom. The van der Waals surface area contributed by atoms with Gasteiger partial charge in [0.15, 0.2) is 0 Å². The lowest BCUT2D eigenvalue weighted by molar-refractivity contribution is 0.973. The van der Waals surface area contributed by atoms with Crippen LogP contribution in [-0.2, 0) is 0 Å². The second-order valence-electron chi connectivity index (χ2n) is 3.90. The molecule has 0 spiro atoms. The first kappa shape index (κ1) is 10.3. The van der Waals surface area contributed by atoms with Crippen molar-refractivity contribution in [2.24, 2.45) is 5.73 Å². The van der Waals surface area contributed by atoms with E-state index in [1.807, 2.05) is 0 Å². The van der Waals surface area contributed by atoms with Crippen molar-refractivity contribution in [2.75, 3.05) is 0 Å². The van der Waals surface area contributed by atoms with Crippen molar-refractivity contribution >= 4 is 23.3 Å². The summed E-state index contributed by atoms with van der Waals surface area (Å²) in [7, 11) is 0. The molecule has 17 heavy (non-hydrogen) atoms. The highest BCUT2D eigenvalue weighted by Crippen LogP contribution is 2.28. The van der Waals surface area contributed by atoms with Gasteiger partial charge in [0, 0.05) is 16.2 Å². The minimum absolute atomic E-state index is 0.341. The Kier molecular flexibility index (Phi) is 2.01. The average Bonchev–Trinajstić information content (AvgIpc) is 2.64. The Morgan fingerprint density at radius 1 is 1.24 bits per heavy atom. The molecule has 1 heterocycles. The number of rotatable bonds is 0. The molecule has 0 aromatic carbocycles. The van der Waals surface area contributed by atoms with Gasteiger partial charge in [-0.3, -0.25) is 9.59 Å². The number of halogens is 1. The number of hydrogen-bond donors (Lipinski definition) is 3. The predicted molar refractivity (Wildman–Crippen MR) is 64.8 cm³/mol. The number of fused-ring (bicyclic) bond motifs is 2. The van der Waals surface area contributed by atoms with Crippen molar-refractivity contribution in [3.63, 3.8) is 0 Å². The third kappa shape index (κ3) is 1.36. The van der Waals surface area contributed by atoms with Gasteiger partial charge < -0.3 is 15.7 Å². The highest BCUT2D eigenvalue weighted by Gasteiger charge is 2.23. The summed E-state index contributed by atoms with van der Waals surface area (Å²) >= 11 is 6.05. The van der Waals surface area contributed by atoms with Gasteiger partial charge in [-0.1, -0.05) is 17.7 Å². The molecule has 2 aliphatic carbocycles. The van der Waals surface area contributed by atoms with E-state index in [4.69, 9.17) is 17.3 Å². The van der Waals surface area contributed by atoms with Gasteiger partial charge in [0.25, 0.3) is 0 Å². The molecular formula is C11H8ClN3O2. The summed E-state index contributed by atoms with van der Waals surface area (Å²) in [6.45, 7) is 0. The fraction of sp³-hybridized carbons (Fsp3) is 0.0909. The van der Waals surface area contributed by atoms with E-state index in [9.17, 15) is 9.59 Å². The van der Waals surface area contributed by atoms with Crippen LogP contribution >= 0.6 is 11.6 Å². The number of nitrogens with one attached hydrogen (secondary N) is 2. The highest BCUT2D eigenvalue weighted by atomic mass is 35.5. The second kappa shape index (κ2) is 3.32. The summed E-state index contributed by atoms with van der Waals surface area (Å²) in [5, 5.41) is 1.62. The van der Waals surface area contributed by atoms with Crippen molar-refractivity contribution in [2.45, 2.75) is 6.04 Å². The lowest BCUT2D eigenvalue weighted by atomic mass is 9.96. The lowest BCUT2D eigenvalue weighted by Crippen LogP contribution is -2.47. The molecule has 6 heteroatoms. The SMILES string of the molecule is NC1C=CC(Cl)=C2C=c3[nH]c(=O)c(=O)[nH]c3=C21. The van der Waals surface area contributed by atoms with E-state index >= 15 is 0 Å². The second-order valence-corrected chi connectivity index (χ2v) is 4.31. The van der Waals surface area contributed by atoms with Crippen molar-refractivity contribution in [1.82, 2.24) is 9.97 Å². The van der Waals surface area contributed by atoms with Gasteiger partial charge in [-0.25, -0.2) is 0 Å². The fourth-order valence-electron chi connectivity index (χ4n) is 2.07. The van der Waals surface area contributed by atoms with Crippen LogP contribution in [0.5, 0.6) is 0 Å². The highest BCUT2D eigenvalue weighted by molar-refractivity contribution is 6.33. The molecule has 0 amide bonds. The molecule has 1 aromatic rings. The smallest absolute Gasteiger partial charge is 0.314 e. The van der Waals surface area contributed by atoms with E-state index in [0.29, 0.717) is 15.7 Å². The maximum absolute atomic E-state index is 11.3. The number of hydrogen-bond acceptors (Lipinski definition) is 3. The Hall–Kier alpha value is -1.85. The summed E-state index contributed by atoms with van der Waals surface area (Å²) in [5.41, 5.74) is 6.04. The van der Waals surface area contributed by atoms with Crippen molar-refractivity contribution in [3.8, 4) is 0 Å². The zero-order valence-electron chi connectivity index (χ0n) is 8.58. The van der Waals surface area contributed by atoms with Crippen LogP contribution in [0.25, 0.3) is 11.6 Å². The van der Waals surface area contributed by atoms with Gasteiger partial charge >= 0.3 is 11.1 Å². The quantitative estimate of drug-likeness (QED) is 0.484. The summed E-state index contributed by atoms with van der Waals surface area (Å²) in [6.07, 6.45) is 5.17. The van der Waals surface area contributed by atoms with E-state index < -0.39 is 11.1 Å². The molecule has 1 aromatic heterocycles. The van der Waals surface area contributed by atoms with Gasteiger partial charge in [-0.15, -0.1) is 0 Å². The first-order valence-electron chi connectivity index (χ1n) is 5.00. The maximum Gasteiger partial charge on any atom is 0.314 e. The molecule has 0 saturated carbocycles. The Balaban J connectivity index is 2.54. The van der Waals surface area contributed by atoms with Gasteiger partial charge in [0.05, 0.1) is 16.7 Å². The standard InChI is InChI=1S/C11H8ClN3O2/c12-5-1-2-6(13)8-4(5)3-7-9(8)15-11(17)10(16)14-7/h1-3,6H,13H2,(H,14,16)(H,15,17). The Bertz CT molecular complexity index is 810. The maximum atomic E-state index is 11.3. The fourth-order valence-corrected chi connectivity index (χ4v) is 2.30. The first-order chi connectivity index (χ1) is 8.08. The molecule has 5 nitrogen and oxygen atoms in total. The number of H-pyrrole nitrogens is 2. The summed E-state index contributed by atoms with van der Waals surface area (Å²) in [6, 6.07) is -0.341. The summed E-state index contributed by atoms with van der Waals surface area (Å²) in [4.78, 5) is 27.6. The van der Waals surface area contributed by atoms with Crippen LogP contribution < -0.4 is 27.6 Å². The molecule has 0 aliphatic heterocycles. The Morgan fingerprint density at radius 3 is 2.71 bits per heavy atom. The van der Waals surface area contributed by atoms with Crippen molar-refractivity contribution < 1.29 is 0 Å². The third-order valence-electron chi connectivity index (χ3n) is 2.85. The van der Waals surface area contributed by atoms with E-state index in [-0.39, 0.29) is 6.04 Å². The monoisotopic (exact) mass is 249 g/mol. The van der Waals surface area contributed by atoms with E-state index in [2.05, 4.69) is 9.97 Å². The molecule has 0 saturated heterocycles. The van der Waals surface area contributed by atoms with E-state index in [1.54, 1.807) is 18.2 Å². The zero-order chi connectivity index (χ0) is 12.2. The minimum atomic E-state index is -0.691. The van der Waals surface area contributed by atoms with Crippen molar-refractivity contribution in [1.29, 1.82) is 0 Å². The molecule has 0 radical (unpaired) electrons. The lowest BCUT2D eigenvalue weighted by Gasteiger charge is -2.15. The third-order valence-corrected chi connectivity index (χ3v) is 3.18. The average molecular weight is 250 g/mol. The molecule has 2 aliphatic rings.